The topological polar surface area (TPSA) is 164 Å². The summed E-state index contributed by atoms with van der Waals surface area (Å²) in [7, 11) is 15.5. The maximum Gasteiger partial charge on any atom is 0.245 e. The molecule has 0 aromatic heterocycles. The first-order valence-electron chi connectivity index (χ1n) is 29.6. The van der Waals surface area contributed by atoms with E-state index < -0.39 is 36.3 Å². The predicted octanol–water partition coefficient (Wildman–Crippen LogP) is 7.42. The Morgan fingerprint density at radius 1 is 0.734 bits per heavy atom. The Kier molecular flexibility index (Phi) is 23.2. The van der Waals surface area contributed by atoms with Crippen LogP contribution in [-0.2, 0) is 41.5 Å². The lowest BCUT2D eigenvalue weighted by Gasteiger charge is -2.49. The van der Waals surface area contributed by atoms with Crippen LogP contribution >= 0.6 is 0 Å². The standard InChI is InChI=1S/C62H101N7O10/c1-18-39(7)58(66(11)62(73)56(37(3)4)64-61(72)57(38(5)6)65(9)10)54(78-16)35-55(70)69-25-20-21-47(69)59(79-17)40(8)60(71)63-24-28-67-26-22-42-31-50(74-12)52(76-14)33-45(42)48(67)29-44-30-49-46-34-53(77-15)51(75-13)32-43(46)23-27-68(49)36-41(44)19-2/h31-34,37-41,44,47-49,54,56-59H,18-30,35-36H2,1-17H3,(H,63,71)(H,64,72)/t39-,40+,41-,44-,47?,48+,49?,54+,56-,57-,58?,59+/m0/s1. The zero-order valence-electron chi connectivity index (χ0n) is 51.3. The third-order valence-electron chi connectivity index (χ3n) is 18.6. The van der Waals surface area contributed by atoms with Crippen LogP contribution in [0.4, 0.5) is 0 Å². The number of carbonyl (C=O) groups is 4. The van der Waals surface area contributed by atoms with Crippen LogP contribution in [0.2, 0.25) is 0 Å². The summed E-state index contributed by atoms with van der Waals surface area (Å²) in [6.45, 7) is 20.8. The van der Waals surface area contributed by atoms with Crippen molar-refractivity contribution in [1.29, 1.82) is 0 Å². The van der Waals surface area contributed by atoms with Crippen molar-refractivity contribution >= 4 is 23.6 Å². The number of carbonyl (C=O) groups excluding carboxylic acids is 4. The van der Waals surface area contributed by atoms with Crippen LogP contribution in [0.25, 0.3) is 0 Å². The van der Waals surface area contributed by atoms with E-state index in [1.54, 1.807) is 54.6 Å². The molecule has 444 valence electrons. The second kappa shape index (κ2) is 28.8. The fourth-order valence-electron chi connectivity index (χ4n) is 14.1. The lowest BCUT2D eigenvalue weighted by atomic mass is 9.72. The van der Waals surface area contributed by atoms with Crippen molar-refractivity contribution < 1.29 is 47.6 Å². The number of fused-ring (bicyclic) bond motifs is 4. The van der Waals surface area contributed by atoms with Crippen LogP contribution in [0.5, 0.6) is 23.0 Å². The number of likely N-dealkylation sites (tertiary alicyclic amines) is 1. The maximum atomic E-state index is 14.6. The largest absolute Gasteiger partial charge is 0.493 e. The van der Waals surface area contributed by atoms with Crippen LogP contribution in [0.3, 0.4) is 0 Å². The molecule has 0 spiro atoms. The van der Waals surface area contributed by atoms with Crippen LogP contribution in [0.15, 0.2) is 24.3 Å². The van der Waals surface area contributed by atoms with Crippen molar-refractivity contribution in [3.8, 4) is 23.0 Å². The number of ether oxygens (including phenoxy) is 6. The highest BCUT2D eigenvalue weighted by atomic mass is 16.5. The molecule has 4 aliphatic rings. The van der Waals surface area contributed by atoms with E-state index in [-0.39, 0.29) is 65.9 Å². The number of amides is 4. The number of piperidine rings is 1. The SMILES string of the molecule is CC[C@H]1CN2CCc3cc(OC)c(OC)cc3C2C[C@@H]1C[C@@H]1c2cc(OC)c(OC)cc2CCN1CCNC(=O)[C@H](C)[C@@H](OC)C1CCCN1C(=O)C[C@@H](OC)C([C@@H](C)CC)N(C)C(=O)[C@@H](NC(=O)[C@H](C(C)C)N(C)C)C(C)C. The molecule has 6 rings (SSSR count). The number of likely N-dealkylation sites (N-methyl/N-ethyl adjacent to an activating group) is 2. The zero-order chi connectivity index (χ0) is 58.0. The first-order valence-corrected chi connectivity index (χ1v) is 29.6. The lowest BCUT2D eigenvalue weighted by Crippen LogP contribution is -2.59. The monoisotopic (exact) mass is 1100 g/mol. The van der Waals surface area contributed by atoms with Gasteiger partial charge in [0, 0.05) is 72.6 Å². The summed E-state index contributed by atoms with van der Waals surface area (Å²) in [6.07, 6.45) is 6.03. The second-order valence-corrected chi connectivity index (χ2v) is 24.0. The van der Waals surface area contributed by atoms with Crippen molar-refractivity contribution in [3.63, 3.8) is 0 Å². The normalized spacial score (nSPS) is 23.1. The second-order valence-electron chi connectivity index (χ2n) is 24.0. The summed E-state index contributed by atoms with van der Waals surface area (Å²) in [5, 5.41) is 6.39. The molecule has 3 unspecified atom stereocenters. The van der Waals surface area contributed by atoms with Gasteiger partial charge in [-0.25, -0.2) is 0 Å². The summed E-state index contributed by atoms with van der Waals surface area (Å²) >= 11 is 0. The highest BCUT2D eigenvalue weighted by molar-refractivity contribution is 5.90. The number of methoxy groups -OCH3 is 6. The third kappa shape index (κ3) is 14.3. The summed E-state index contributed by atoms with van der Waals surface area (Å²) in [6, 6.07) is 7.16. The Labute approximate surface area is 474 Å². The summed E-state index contributed by atoms with van der Waals surface area (Å²) in [4.78, 5) is 67.8. The molecule has 17 heteroatoms. The van der Waals surface area contributed by atoms with E-state index in [1.165, 1.54) is 22.3 Å². The molecule has 2 saturated heterocycles. The van der Waals surface area contributed by atoms with Crippen LogP contribution in [0.1, 0.15) is 135 Å². The first kappa shape index (κ1) is 63.5. The smallest absolute Gasteiger partial charge is 0.245 e. The number of hydrogen-bond acceptors (Lipinski definition) is 13. The van der Waals surface area contributed by atoms with Crippen molar-refractivity contribution in [3.05, 3.63) is 46.5 Å². The minimum absolute atomic E-state index is 0.0248. The van der Waals surface area contributed by atoms with Crippen LogP contribution < -0.4 is 29.6 Å². The average molecular weight is 1100 g/mol. The molecule has 0 bridgehead atoms. The van der Waals surface area contributed by atoms with E-state index in [0.717, 1.165) is 87.6 Å². The molecular weight excluding hydrogens is 1000 g/mol. The van der Waals surface area contributed by atoms with Gasteiger partial charge in [0.15, 0.2) is 23.0 Å². The Morgan fingerprint density at radius 3 is 1.90 bits per heavy atom. The number of nitrogens with zero attached hydrogens (tertiary/aromatic N) is 5. The van der Waals surface area contributed by atoms with Gasteiger partial charge in [0.1, 0.15) is 6.04 Å². The van der Waals surface area contributed by atoms with Gasteiger partial charge in [0.05, 0.1) is 71.1 Å². The van der Waals surface area contributed by atoms with E-state index in [4.69, 9.17) is 28.4 Å². The molecule has 17 nitrogen and oxygen atoms in total. The Balaban J connectivity index is 1.15. The third-order valence-corrected chi connectivity index (χ3v) is 18.6. The van der Waals surface area contributed by atoms with Crippen molar-refractivity contribution in [2.24, 2.45) is 35.5 Å². The fraction of sp³-hybridized carbons (Fsp3) is 0.742. The molecule has 4 amide bonds. The zero-order valence-corrected chi connectivity index (χ0v) is 51.3. The number of benzene rings is 2. The number of rotatable bonds is 27. The van der Waals surface area contributed by atoms with Crippen molar-refractivity contribution in [2.75, 3.05) is 103 Å². The van der Waals surface area contributed by atoms with Gasteiger partial charge in [-0.05, 0) is 129 Å². The lowest BCUT2D eigenvalue weighted by molar-refractivity contribution is -0.148. The Hall–Kier alpha value is -4.68. The van der Waals surface area contributed by atoms with Gasteiger partial charge >= 0.3 is 0 Å². The fourth-order valence-corrected chi connectivity index (χ4v) is 14.1. The van der Waals surface area contributed by atoms with Crippen molar-refractivity contribution in [2.45, 2.75) is 162 Å². The molecule has 2 aromatic rings. The van der Waals surface area contributed by atoms with Crippen LogP contribution in [0, 0.1) is 35.5 Å². The van der Waals surface area contributed by atoms with Gasteiger partial charge in [0.2, 0.25) is 23.6 Å². The molecule has 0 radical (unpaired) electrons. The van der Waals surface area contributed by atoms with Gasteiger partial charge in [-0.2, -0.15) is 0 Å². The molecule has 0 aliphatic carbocycles. The number of hydrogen-bond donors (Lipinski definition) is 2. The summed E-state index contributed by atoms with van der Waals surface area (Å²) < 4.78 is 35.6. The maximum absolute atomic E-state index is 14.6. The molecule has 0 saturated carbocycles. The predicted molar refractivity (Wildman–Crippen MR) is 310 cm³/mol. The minimum atomic E-state index is -0.766. The molecule has 4 heterocycles. The van der Waals surface area contributed by atoms with Gasteiger partial charge < -0.3 is 48.9 Å². The Bertz CT molecular complexity index is 2340. The molecule has 79 heavy (non-hydrogen) atoms. The Morgan fingerprint density at radius 2 is 1.34 bits per heavy atom. The molecule has 12 atom stereocenters. The van der Waals surface area contributed by atoms with E-state index in [0.29, 0.717) is 37.9 Å². The van der Waals surface area contributed by atoms with E-state index >= 15 is 0 Å². The van der Waals surface area contributed by atoms with Gasteiger partial charge in [-0.15, -0.1) is 0 Å². The highest BCUT2D eigenvalue weighted by Gasteiger charge is 2.45. The molecule has 2 N–H and O–H groups in total. The van der Waals surface area contributed by atoms with E-state index in [9.17, 15) is 19.2 Å². The quantitative estimate of drug-likeness (QED) is 0.0910. The molecule has 2 fully saturated rings. The van der Waals surface area contributed by atoms with Gasteiger partial charge in [-0.3, -0.25) is 33.9 Å². The average Bonchev–Trinajstić information content (AvgIpc) is 3.98. The van der Waals surface area contributed by atoms with Gasteiger partial charge in [0.25, 0.3) is 0 Å². The van der Waals surface area contributed by atoms with E-state index in [1.807, 2.05) is 58.5 Å². The van der Waals surface area contributed by atoms with Crippen molar-refractivity contribution in [1.82, 2.24) is 35.1 Å². The van der Waals surface area contributed by atoms with Crippen LogP contribution in [-0.4, -0.2) is 188 Å². The van der Waals surface area contributed by atoms with E-state index in [2.05, 4.69) is 65.5 Å². The number of nitrogens with one attached hydrogen (secondary N) is 2. The molecular formula is C62H101N7O10. The summed E-state index contributed by atoms with van der Waals surface area (Å²) in [5.74, 6) is 2.63. The summed E-state index contributed by atoms with van der Waals surface area (Å²) in [5.41, 5.74) is 5.21. The highest BCUT2D eigenvalue weighted by Crippen LogP contribution is 2.49. The minimum Gasteiger partial charge on any atom is -0.493 e. The first-order chi connectivity index (χ1) is 37.7. The molecule has 2 aromatic carbocycles. The molecule has 4 aliphatic heterocycles. The van der Waals surface area contributed by atoms with Gasteiger partial charge in [-0.1, -0.05) is 68.2 Å².